The van der Waals surface area contributed by atoms with E-state index in [1.165, 1.54) is 0 Å². The van der Waals surface area contributed by atoms with Crippen LogP contribution in [0.5, 0.6) is 5.75 Å². The molecule has 2 aliphatic rings. The van der Waals surface area contributed by atoms with Crippen molar-refractivity contribution in [1.82, 2.24) is 0 Å². The summed E-state index contributed by atoms with van der Waals surface area (Å²) in [6.07, 6.45) is 1.10. The van der Waals surface area contributed by atoms with E-state index in [9.17, 15) is 19.6 Å². The van der Waals surface area contributed by atoms with Crippen LogP contribution < -0.4 is 4.74 Å². The molecule has 0 radical (unpaired) electrons. The van der Waals surface area contributed by atoms with Gasteiger partial charge in [-0.1, -0.05) is 32.9 Å². The Bertz CT molecular complexity index is 1110. The van der Waals surface area contributed by atoms with Crippen molar-refractivity contribution in [3.63, 3.8) is 0 Å². The molecule has 1 aromatic rings. The van der Waals surface area contributed by atoms with Gasteiger partial charge in [-0.15, -0.1) is 0 Å². The Balaban J connectivity index is 2.11. The van der Waals surface area contributed by atoms with Gasteiger partial charge in [0.1, 0.15) is 11.9 Å². The minimum atomic E-state index is -2.27. The van der Waals surface area contributed by atoms with E-state index in [1.807, 2.05) is 0 Å². The van der Waals surface area contributed by atoms with Crippen LogP contribution in [0.2, 0.25) is 18.1 Å². The Morgan fingerprint density at radius 2 is 1.86 bits per heavy atom. The summed E-state index contributed by atoms with van der Waals surface area (Å²) >= 11 is 0. The van der Waals surface area contributed by atoms with Crippen LogP contribution in [0.1, 0.15) is 86.9 Å². The average molecular weight is 512 g/mol. The van der Waals surface area contributed by atoms with Gasteiger partial charge in [-0.05, 0) is 50.4 Å². The highest BCUT2D eigenvalue weighted by Gasteiger charge is 2.42. The van der Waals surface area contributed by atoms with E-state index in [-0.39, 0.29) is 58.1 Å². The number of Topliss-reactive ketones (excluding diaryl/α,β-unsaturated/α-hetero) is 2. The number of hydrogen-bond donors (Lipinski definition) is 0. The molecule has 36 heavy (non-hydrogen) atoms. The van der Waals surface area contributed by atoms with Crippen LogP contribution in [-0.2, 0) is 14.0 Å². The molecule has 194 valence electrons. The Morgan fingerprint density at radius 3 is 2.53 bits per heavy atom. The number of carbonyl (C=O) groups is 3. The zero-order chi connectivity index (χ0) is 26.7. The number of benzene rings is 1. The molecule has 0 amide bonds. The van der Waals surface area contributed by atoms with Gasteiger partial charge in [-0.3, -0.25) is 14.4 Å². The number of hydrogen-bond acceptors (Lipinski definition) is 7. The quantitative estimate of drug-likeness (QED) is 0.356. The first-order valence-corrected chi connectivity index (χ1v) is 15.6. The first kappa shape index (κ1) is 27.8. The van der Waals surface area contributed by atoms with E-state index in [0.717, 1.165) is 12.8 Å². The summed E-state index contributed by atoms with van der Waals surface area (Å²) in [6, 6.07) is 7.21. The van der Waals surface area contributed by atoms with Crippen molar-refractivity contribution < 1.29 is 28.3 Å². The average Bonchev–Trinajstić information content (AvgIpc) is 2.78. The SMILES string of the molecule is CC1OC(=O)CCCCCOc2cccc3c2C(=O)C1=C(CC(CC#N)O[Si](C)(C)C(C)(C)C)C3=O. The van der Waals surface area contributed by atoms with Crippen LogP contribution in [0.3, 0.4) is 0 Å². The fraction of sp³-hybridized carbons (Fsp3) is 0.571. The first-order valence-electron chi connectivity index (χ1n) is 12.7. The van der Waals surface area contributed by atoms with E-state index in [0.29, 0.717) is 18.8 Å². The lowest BCUT2D eigenvalue weighted by molar-refractivity contribution is -0.146. The molecule has 1 aliphatic heterocycles. The Hall–Kier alpha value is -2.76. The molecular weight excluding hydrogens is 474 g/mol. The van der Waals surface area contributed by atoms with Crippen molar-refractivity contribution in [3.8, 4) is 11.8 Å². The largest absolute Gasteiger partial charge is 0.493 e. The Labute approximate surface area is 214 Å². The minimum absolute atomic E-state index is 0.0783. The molecule has 2 unspecified atom stereocenters. The molecule has 0 aromatic heterocycles. The molecule has 2 atom stereocenters. The lowest BCUT2D eigenvalue weighted by Gasteiger charge is -2.39. The maximum absolute atomic E-state index is 13.9. The predicted octanol–water partition coefficient (Wildman–Crippen LogP) is 5.94. The minimum Gasteiger partial charge on any atom is -0.493 e. The molecule has 0 spiro atoms. The van der Waals surface area contributed by atoms with E-state index in [1.54, 1.807) is 25.1 Å². The van der Waals surface area contributed by atoms with Gasteiger partial charge in [0, 0.05) is 29.6 Å². The van der Waals surface area contributed by atoms with Gasteiger partial charge in [-0.25, -0.2) is 0 Å². The van der Waals surface area contributed by atoms with E-state index < -0.39 is 26.5 Å². The fourth-order valence-electron chi connectivity index (χ4n) is 4.39. The standard InChI is InChI=1S/C28H37NO6Si/c1-18-24-21(17-19(14-15-29)35-36(5,6)28(2,3)4)26(31)20-11-10-12-22(25(20)27(24)32)33-16-9-7-8-13-23(30)34-18/h10-12,18-19H,7-9,13-14,16-17H2,1-6H3. The van der Waals surface area contributed by atoms with Crippen LogP contribution in [0, 0.1) is 11.3 Å². The topological polar surface area (TPSA) is 103 Å². The lowest BCUT2D eigenvalue weighted by Crippen LogP contribution is -2.44. The zero-order valence-electron chi connectivity index (χ0n) is 22.2. The molecule has 2 bridgehead atoms. The number of ketones is 2. The number of ether oxygens (including phenoxy) is 2. The maximum atomic E-state index is 13.9. The second-order valence-electron chi connectivity index (χ2n) is 11.1. The monoisotopic (exact) mass is 511 g/mol. The van der Waals surface area contributed by atoms with Gasteiger partial charge >= 0.3 is 5.97 Å². The number of nitrogens with zero attached hydrogens (tertiary/aromatic N) is 1. The van der Waals surface area contributed by atoms with Crippen LogP contribution in [0.15, 0.2) is 29.3 Å². The molecule has 7 nitrogen and oxygen atoms in total. The number of rotatable bonds is 5. The van der Waals surface area contributed by atoms with E-state index in [2.05, 4.69) is 39.9 Å². The van der Waals surface area contributed by atoms with E-state index >= 15 is 0 Å². The van der Waals surface area contributed by atoms with Crippen LogP contribution in [0.4, 0.5) is 0 Å². The molecule has 1 aliphatic carbocycles. The predicted molar refractivity (Wildman–Crippen MR) is 139 cm³/mol. The highest BCUT2D eigenvalue weighted by atomic mass is 28.4. The first-order chi connectivity index (χ1) is 16.9. The summed E-state index contributed by atoms with van der Waals surface area (Å²) in [6.45, 7) is 12.5. The highest BCUT2D eigenvalue weighted by Crippen LogP contribution is 2.40. The van der Waals surface area contributed by atoms with Gasteiger partial charge in [0.05, 0.1) is 30.8 Å². The molecule has 8 heteroatoms. The van der Waals surface area contributed by atoms with Crippen molar-refractivity contribution >= 4 is 25.9 Å². The summed E-state index contributed by atoms with van der Waals surface area (Å²) in [5, 5.41) is 9.43. The summed E-state index contributed by atoms with van der Waals surface area (Å²) in [7, 11) is -2.27. The summed E-state index contributed by atoms with van der Waals surface area (Å²) in [5.74, 6) is -0.728. The zero-order valence-corrected chi connectivity index (χ0v) is 23.2. The van der Waals surface area contributed by atoms with Crippen molar-refractivity contribution in [2.24, 2.45) is 0 Å². The highest BCUT2D eigenvalue weighted by molar-refractivity contribution is 6.74. The normalized spacial score (nSPS) is 20.4. The number of nitriles is 1. The smallest absolute Gasteiger partial charge is 0.306 e. The van der Waals surface area contributed by atoms with Crippen molar-refractivity contribution in [2.45, 2.75) is 96.6 Å². The van der Waals surface area contributed by atoms with Crippen LogP contribution >= 0.6 is 0 Å². The molecule has 0 N–H and O–H groups in total. The lowest BCUT2D eigenvalue weighted by atomic mass is 9.79. The third-order valence-corrected chi connectivity index (χ3v) is 11.9. The molecular formula is C28H37NO6Si. The van der Waals surface area contributed by atoms with Crippen LogP contribution in [0.25, 0.3) is 0 Å². The van der Waals surface area contributed by atoms with Gasteiger partial charge < -0.3 is 13.9 Å². The van der Waals surface area contributed by atoms with Crippen molar-refractivity contribution in [2.75, 3.05) is 6.61 Å². The summed E-state index contributed by atoms with van der Waals surface area (Å²) in [5.41, 5.74) is 0.884. The van der Waals surface area contributed by atoms with Gasteiger partial charge in [0.15, 0.2) is 19.9 Å². The Morgan fingerprint density at radius 1 is 1.14 bits per heavy atom. The molecule has 3 rings (SSSR count). The van der Waals surface area contributed by atoms with Gasteiger partial charge in [0.2, 0.25) is 0 Å². The number of esters is 1. The number of fused-ring (bicyclic) bond motifs is 1. The van der Waals surface area contributed by atoms with Crippen molar-refractivity contribution in [1.29, 1.82) is 5.26 Å². The number of carbonyl (C=O) groups excluding carboxylic acids is 3. The maximum Gasteiger partial charge on any atom is 0.306 e. The summed E-state index contributed by atoms with van der Waals surface area (Å²) < 4.78 is 18.1. The molecule has 0 saturated carbocycles. The fourth-order valence-corrected chi connectivity index (χ4v) is 5.74. The Kier molecular flexibility index (Phi) is 8.58. The molecule has 1 aromatic carbocycles. The van der Waals surface area contributed by atoms with Crippen molar-refractivity contribution in [3.05, 3.63) is 40.5 Å². The van der Waals surface area contributed by atoms with Gasteiger partial charge in [-0.2, -0.15) is 5.26 Å². The van der Waals surface area contributed by atoms with E-state index in [4.69, 9.17) is 13.9 Å². The third-order valence-electron chi connectivity index (χ3n) is 7.36. The molecule has 0 fully saturated rings. The van der Waals surface area contributed by atoms with Crippen LogP contribution in [-0.4, -0.2) is 44.7 Å². The second kappa shape index (κ2) is 11.1. The molecule has 1 heterocycles. The number of cyclic esters (lactones) is 1. The second-order valence-corrected chi connectivity index (χ2v) is 15.8. The van der Waals surface area contributed by atoms with Gasteiger partial charge in [0.25, 0.3) is 0 Å². The molecule has 0 saturated heterocycles. The third kappa shape index (κ3) is 5.96. The summed E-state index contributed by atoms with van der Waals surface area (Å²) in [4.78, 5) is 40.2.